The minimum atomic E-state index is -2.68. The van der Waals surface area contributed by atoms with E-state index in [0.29, 0.717) is 4.73 Å². The van der Waals surface area contributed by atoms with Gasteiger partial charge in [0.15, 0.2) is 24.2 Å². The van der Waals surface area contributed by atoms with Crippen molar-refractivity contribution in [2.45, 2.75) is 51.9 Å². The number of rotatable bonds is 6. The van der Waals surface area contributed by atoms with Crippen LogP contribution >= 0.6 is 15.9 Å². The third-order valence-corrected chi connectivity index (χ3v) is 10.4. The summed E-state index contributed by atoms with van der Waals surface area (Å²) in [6, 6.07) is 0. The number of fused-ring (bicyclic) bond motifs is 1. The molecule has 0 aliphatic rings. The smallest absolute Gasteiger partial charge is 0.330 e. The number of imidazole rings is 1. The molecule has 0 saturated carbocycles. The lowest BCUT2D eigenvalue weighted by atomic mass is 10.1. The van der Waals surface area contributed by atoms with E-state index in [0.717, 1.165) is 4.57 Å². The molecule has 0 radical (unpaired) electrons. The fourth-order valence-electron chi connectivity index (χ4n) is 2.36. The van der Waals surface area contributed by atoms with Crippen LogP contribution in [0.3, 0.4) is 0 Å². The normalized spacial score (nSPS) is 14.3. The highest BCUT2D eigenvalue weighted by molar-refractivity contribution is 9.10. The molecular weight excluding hydrogens is 442 g/mol. The van der Waals surface area contributed by atoms with E-state index in [9.17, 15) is 18.4 Å². The van der Waals surface area contributed by atoms with Gasteiger partial charge in [-0.1, -0.05) is 20.8 Å². The summed E-state index contributed by atoms with van der Waals surface area (Å²) in [7, 11) is -0.626. The molecule has 2 aromatic rings. The third-order valence-electron chi connectivity index (χ3n) is 5.20. The highest BCUT2D eigenvalue weighted by Gasteiger charge is 2.38. The molecule has 1 unspecified atom stereocenters. The van der Waals surface area contributed by atoms with Crippen molar-refractivity contribution >= 4 is 35.4 Å². The fraction of sp³-hybridized carbons (Fsp3) is 0.688. The average molecular weight is 467 g/mol. The van der Waals surface area contributed by atoms with Crippen LogP contribution in [0.5, 0.6) is 0 Å². The molecule has 2 rings (SSSR count). The van der Waals surface area contributed by atoms with Crippen molar-refractivity contribution in [1.29, 1.82) is 0 Å². The van der Waals surface area contributed by atoms with Crippen molar-refractivity contribution in [3.63, 3.8) is 0 Å². The second-order valence-corrected chi connectivity index (χ2v) is 13.7. The van der Waals surface area contributed by atoms with Gasteiger partial charge in [-0.2, -0.15) is 0 Å². The summed E-state index contributed by atoms with van der Waals surface area (Å²) in [6.45, 7) is 9.57. The van der Waals surface area contributed by atoms with Crippen LogP contribution in [-0.2, 0) is 18.0 Å². The van der Waals surface area contributed by atoms with Crippen LogP contribution in [0.1, 0.15) is 20.8 Å². The number of halogens is 3. The number of aryl methyl sites for hydroxylation is 1. The molecule has 27 heavy (non-hydrogen) atoms. The lowest BCUT2D eigenvalue weighted by Crippen LogP contribution is -2.43. The maximum absolute atomic E-state index is 13.7. The number of aromatic nitrogens is 4. The standard InChI is InChI=1S/C16H25BrF2N4O3Si/c1-16(2,3)27(5,6)26-8-9(11(18)19)7-23-12-10(13(24)21-15(23)25)22(4)14(17)20-12/h9,11H,7-8H2,1-6H3,(H,21,24,25). The topological polar surface area (TPSA) is 81.9 Å². The van der Waals surface area contributed by atoms with Gasteiger partial charge >= 0.3 is 5.69 Å². The summed E-state index contributed by atoms with van der Waals surface area (Å²) in [5.74, 6) is -1.20. The summed E-state index contributed by atoms with van der Waals surface area (Å²) in [5.41, 5.74) is -1.18. The fourth-order valence-corrected chi connectivity index (χ4v) is 3.77. The van der Waals surface area contributed by atoms with E-state index in [4.69, 9.17) is 4.43 Å². The van der Waals surface area contributed by atoms with Crippen molar-refractivity contribution in [2.75, 3.05) is 6.61 Å². The first-order chi connectivity index (χ1) is 12.3. The quantitative estimate of drug-likeness (QED) is 0.523. The Bertz CT molecular complexity index is 946. The minimum absolute atomic E-state index is 0.0658. The largest absolute Gasteiger partial charge is 0.416 e. The van der Waals surface area contributed by atoms with Gasteiger partial charge in [0.1, 0.15) is 0 Å². The molecule has 0 amide bonds. The van der Waals surface area contributed by atoms with Gasteiger partial charge in [-0.15, -0.1) is 0 Å². The number of alkyl halides is 2. The SMILES string of the molecule is Cn1c(Br)nc2c1c(=O)[nH]c(=O)n2CC(CO[Si](C)(C)C(C)(C)C)C(F)F. The summed E-state index contributed by atoms with van der Waals surface area (Å²) < 4.78 is 36.1. The van der Waals surface area contributed by atoms with Crippen LogP contribution in [-0.4, -0.2) is 40.5 Å². The Kier molecular flexibility index (Phi) is 6.17. The zero-order valence-corrected chi connectivity index (χ0v) is 18.9. The van der Waals surface area contributed by atoms with E-state index in [1.807, 2.05) is 33.9 Å². The first-order valence-corrected chi connectivity index (χ1v) is 12.2. The minimum Gasteiger partial charge on any atom is -0.416 e. The van der Waals surface area contributed by atoms with Crippen molar-refractivity contribution in [2.24, 2.45) is 13.0 Å². The van der Waals surface area contributed by atoms with E-state index < -0.39 is 31.9 Å². The van der Waals surface area contributed by atoms with Gasteiger partial charge in [0.05, 0.1) is 5.92 Å². The molecule has 0 aromatic carbocycles. The predicted octanol–water partition coefficient (Wildman–Crippen LogP) is 3.09. The van der Waals surface area contributed by atoms with Gasteiger partial charge in [-0.05, 0) is 34.1 Å². The molecule has 11 heteroatoms. The Labute approximate surface area is 165 Å². The first-order valence-electron chi connectivity index (χ1n) is 8.53. The predicted molar refractivity (Wildman–Crippen MR) is 106 cm³/mol. The van der Waals surface area contributed by atoms with Crippen molar-refractivity contribution in [3.8, 4) is 0 Å². The van der Waals surface area contributed by atoms with E-state index in [2.05, 4.69) is 25.9 Å². The summed E-state index contributed by atoms with van der Waals surface area (Å²) in [5, 5.41) is -0.117. The summed E-state index contributed by atoms with van der Waals surface area (Å²) in [6.07, 6.45) is -2.68. The molecule has 2 aromatic heterocycles. The summed E-state index contributed by atoms with van der Waals surface area (Å²) in [4.78, 5) is 30.6. The molecule has 7 nitrogen and oxygen atoms in total. The van der Waals surface area contributed by atoms with Crippen molar-refractivity contribution < 1.29 is 13.2 Å². The zero-order chi connectivity index (χ0) is 20.7. The molecule has 1 N–H and O–H groups in total. The van der Waals surface area contributed by atoms with Gasteiger partial charge in [-0.25, -0.2) is 18.6 Å². The number of hydrogen-bond acceptors (Lipinski definition) is 4. The van der Waals surface area contributed by atoms with E-state index >= 15 is 0 Å². The number of hydrogen-bond donors (Lipinski definition) is 1. The molecule has 2 heterocycles. The summed E-state index contributed by atoms with van der Waals surface area (Å²) >= 11 is 3.19. The molecule has 0 spiro atoms. The van der Waals surface area contributed by atoms with Crippen LogP contribution in [0.15, 0.2) is 14.3 Å². The van der Waals surface area contributed by atoms with Crippen LogP contribution in [0.25, 0.3) is 11.2 Å². The van der Waals surface area contributed by atoms with E-state index in [1.54, 1.807) is 7.05 Å². The zero-order valence-electron chi connectivity index (χ0n) is 16.3. The number of nitrogens with one attached hydrogen (secondary N) is 1. The second kappa shape index (κ2) is 7.59. The lowest BCUT2D eigenvalue weighted by Gasteiger charge is -2.37. The number of nitrogens with zero attached hydrogens (tertiary/aromatic N) is 3. The monoisotopic (exact) mass is 466 g/mol. The third kappa shape index (κ3) is 4.40. The van der Waals surface area contributed by atoms with Crippen LogP contribution in [0, 0.1) is 5.92 Å². The van der Waals surface area contributed by atoms with Gasteiger partial charge < -0.3 is 8.99 Å². The first kappa shape index (κ1) is 22.0. The molecule has 0 saturated heterocycles. The molecule has 1 atom stereocenters. The van der Waals surface area contributed by atoms with Gasteiger partial charge in [0.2, 0.25) is 6.43 Å². The van der Waals surface area contributed by atoms with Crippen LogP contribution < -0.4 is 11.2 Å². The Morgan fingerprint density at radius 1 is 1.30 bits per heavy atom. The lowest BCUT2D eigenvalue weighted by molar-refractivity contribution is 0.0353. The Hall–Kier alpha value is -1.33. The molecule has 0 bridgehead atoms. The maximum atomic E-state index is 13.7. The van der Waals surface area contributed by atoms with Gasteiger partial charge in [0.25, 0.3) is 5.56 Å². The molecule has 0 fully saturated rings. The highest BCUT2D eigenvalue weighted by Crippen LogP contribution is 2.37. The van der Waals surface area contributed by atoms with Crippen LogP contribution in [0.4, 0.5) is 8.78 Å². The van der Waals surface area contributed by atoms with E-state index in [1.165, 1.54) is 4.57 Å². The second-order valence-electron chi connectivity index (χ2n) is 8.15. The Balaban J connectivity index is 2.39. The molecular formula is C16H25BrF2N4O3Si. The van der Waals surface area contributed by atoms with Crippen molar-refractivity contribution in [1.82, 2.24) is 19.1 Å². The van der Waals surface area contributed by atoms with Gasteiger partial charge in [-0.3, -0.25) is 14.3 Å². The average Bonchev–Trinajstić information content (AvgIpc) is 2.80. The number of aromatic amines is 1. The van der Waals surface area contributed by atoms with Gasteiger partial charge in [0, 0.05) is 20.2 Å². The Morgan fingerprint density at radius 2 is 1.89 bits per heavy atom. The van der Waals surface area contributed by atoms with E-state index in [-0.39, 0.29) is 29.4 Å². The molecule has 0 aliphatic heterocycles. The van der Waals surface area contributed by atoms with Crippen LogP contribution in [0.2, 0.25) is 18.1 Å². The Morgan fingerprint density at radius 3 is 2.41 bits per heavy atom. The molecule has 0 aliphatic carbocycles. The number of H-pyrrole nitrogens is 1. The molecule has 152 valence electrons. The highest BCUT2D eigenvalue weighted by atomic mass is 79.9. The van der Waals surface area contributed by atoms with Crippen molar-refractivity contribution in [3.05, 3.63) is 25.6 Å². The maximum Gasteiger partial charge on any atom is 0.330 e.